The highest BCUT2D eigenvalue weighted by Gasteiger charge is 2.48. The van der Waals surface area contributed by atoms with Crippen LogP contribution < -0.4 is 21.2 Å². The van der Waals surface area contributed by atoms with Crippen LogP contribution in [-0.2, 0) is 0 Å². The lowest BCUT2D eigenvalue weighted by Gasteiger charge is -2.53. The molecule has 0 aromatic heterocycles. The summed E-state index contributed by atoms with van der Waals surface area (Å²) in [6.07, 6.45) is 2.44. The van der Waals surface area contributed by atoms with E-state index in [0.29, 0.717) is 7.12 Å². The Kier molecular flexibility index (Phi) is 14.9. The van der Waals surface area contributed by atoms with Crippen LogP contribution in [0.4, 0.5) is 0 Å². The zero-order valence-electron chi connectivity index (χ0n) is 23.5. The van der Waals surface area contributed by atoms with Crippen LogP contribution in [0.15, 0.2) is 121 Å². The molecule has 0 aliphatic carbocycles. The normalized spacial score (nSPS) is 15.8. The molecule has 2 heterocycles. The Morgan fingerprint density at radius 1 is 0.452 bits per heavy atom. The van der Waals surface area contributed by atoms with Gasteiger partial charge in [-0.05, 0) is 60.2 Å². The van der Waals surface area contributed by atoms with E-state index in [0.717, 1.165) is 13.1 Å². The molecule has 0 N–H and O–H groups in total. The molecular formula is C32H36BCl4N3P2. The lowest BCUT2D eigenvalue weighted by atomic mass is 9.83. The summed E-state index contributed by atoms with van der Waals surface area (Å²) in [6.45, 7) is 4.61. The summed E-state index contributed by atoms with van der Waals surface area (Å²) in [5.41, 5.74) is 0. The molecule has 10 heteroatoms. The van der Waals surface area contributed by atoms with E-state index in [2.05, 4.69) is 135 Å². The second-order valence-electron chi connectivity index (χ2n) is 9.58. The van der Waals surface area contributed by atoms with Crippen molar-refractivity contribution in [1.82, 2.24) is 14.0 Å². The van der Waals surface area contributed by atoms with Gasteiger partial charge >= 0.3 is 7.12 Å². The highest BCUT2D eigenvalue weighted by Crippen LogP contribution is 2.48. The van der Waals surface area contributed by atoms with Gasteiger partial charge < -0.3 is 4.81 Å². The summed E-state index contributed by atoms with van der Waals surface area (Å²) < 4.78 is 5.70. The molecule has 220 valence electrons. The zero-order valence-corrected chi connectivity index (χ0v) is 28.3. The van der Waals surface area contributed by atoms with Gasteiger partial charge in [0.05, 0.1) is 10.7 Å². The highest BCUT2D eigenvalue weighted by atomic mass is 35.5. The Morgan fingerprint density at radius 2 is 0.714 bits per heavy atom. The van der Waals surface area contributed by atoms with Crippen molar-refractivity contribution in [3.05, 3.63) is 121 Å². The molecule has 4 aromatic carbocycles. The van der Waals surface area contributed by atoms with Gasteiger partial charge in [-0.3, -0.25) is 9.16 Å². The predicted octanol–water partition coefficient (Wildman–Crippen LogP) is 7.62. The van der Waals surface area contributed by atoms with Gasteiger partial charge in [-0.2, -0.15) is 0 Å². The second kappa shape index (κ2) is 18.6. The minimum absolute atomic E-state index is 0.194. The van der Waals surface area contributed by atoms with E-state index >= 15 is 0 Å². The SMILES string of the molecule is ClCCl.ClCCl.c1ccc(P(c2ccccc2)N2CCCN3CCCN(P(c4ccccc4)c4ccccc4)B32)cc1. The Bertz CT molecular complexity index is 1100. The molecule has 3 nitrogen and oxygen atoms in total. The minimum atomic E-state index is -0.641. The molecule has 2 saturated heterocycles. The van der Waals surface area contributed by atoms with E-state index in [1.165, 1.54) is 47.1 Å². The topological polar surface area (TPSA) is 9.72 Å². The number of nitrogens with zero attached hydrogens (tertiary/aromatic N) is 3. The van der Waals surface area contributed by atoms with E-state index < -0.39 is 16.1 Å². The molecule has 42 heavy (non-hydrogen) atoms. The fourth-order valence-electron chi connectivity index (χ4n) is 5.55. The van der Waals surface area contributed by atoms with Crippen molar-refractivity contribution < 1.29 is 0 Å². The third kappa shape index (κ3) is 8.95. The smallest absolute Gasteiger partial charge is 0.313 e. The molecule has 2 aliphatic rings. The van der Waals surface area contributed by atoms with Crippen LogP contribution in [0.5, 0.6) is 0 Å². The van der Waals surface area contributed by atoms with Crippen molar-refractivity contribution in [3.8, 4) is 0 Å². The van der Waals surface area contributed by atoms with Crippen LogP contribution in [0.1, 0.15) is 12.8 Å². The summed E-state index contributed by atoms with van der Waals surface area (Å²) >= 11 is 19.1. The molecule has 0 unspecified atom stereocenters. The summed E-state index contributed by atoms with van der Waals surface area (Å²) in [7, 11) is -0.986. The fourth-order valence-corrected chi connectivity index (χ4v) is 10.9. The molecule has 0 radical (unpaired) electrons. The average molecular weight is 677 g/mol. The van der Waals surface area contributed by atoms with Crippen LogP contribution in [0, 0.1) is 0 Å². The predicted molar refractivity (Wildman–Crippen MR) is 191 cm³/mol. The summed E-state index contributed by atoms with van der Waals surface area (Å²) in [5.74, 6) is 0. The molecule has 0 atom stereocenters. The maximum Gasteiger partial charge on any atom is 0.411 e. The Labute approximate surface area is 274 Å². The molecule has 0 amide bonds. The molecule has 4 aromatic rings. The highest BCUT2D eigenvalue weighted by molar-refractivity contribution is 7.74. The van der Waals surface area contributed by atoms with E-state index in [1.807, 2.05) is 0 Å². The Morgan fingerprint density at radius 3 is 0.976 bits per heavy atom. The van der Waals surface area contributed by atoms with Gasteiger partial charge in [-0.15, -0.1) is 46.4 Å². The van der Waals surface area contributed by atoms with Crippen molar-refractivity contribution in [2.45, 2.75) is 12.8 Å². The largest absolute Gasteiger partial charge is 0.411 e. The number of hydrogen-bond donors (Lipinski definition) is 0. The number of fused-ring (bicyclic) bond motifs is 1. The third-order valence-corrected chi connectivity index (χ3v) is 12.0. The standard InChI is InChI=1S/C30H32BN3P2.2CH2Cl2/c1-5-15-27(16-6-1)35(28-17-7-2-8-18-28)33-25-13-23-32-24-14-26-34(31(32)33)36(29-19-9-3-10-20-29)30-21-11-4-12-22-30;2*2-1-3/h1-12,15-22H,13-14,23-26H2;2*1H2. The van der Waals surface area contributed by atoms with Crippen LogP contribution in [0.25, 0.3) is 0 Å². The van der Waals surface area contributed by atoms with Crippen LogP contribution in [0.3, 0.4) is 0 Å². The monoisotopic (exact) mass is 675 g/mol. The van der Waals surface area contributed by atoms with Crippen molar-refractivity contribution in [2.24, 2.45) is 0 Å². The van der Waals surface area contributed by atoms with Gasteiger partial charge in [0.25, 0.3) is 0 Å². The maximum absolute atomic E-state index is 4.76. The first kappa shape index (κ1) is 33.7. The fraction of sp³-hybridized carbons (Fsp3) is 0.250. The zero-order chi connectivity index (χ0) is 29.6. The van der Waals surface area contributed by atoms with Crippen molar-refractivity contribution >= 4 is 90.9 Å². The van der Waals surface area contributed by atoms with Crippen molar-refractivity contribution in [3.63, 3.8) is 0 Å². The van der Waals surface area contributed by atoms with Crippen LogP contribution in [0.2, 0.25) is 0 Å². The average Bonchev–Trinajstić information content (AvgIpc) is 3.04. The third-order valence-electron chi connectivity index (χ3n) is 7.04. The molecular weight excluding hydrogens is 641 g/mol. The minimum Gasteiger partial charge on any atom is -0.313 e. The van der Waals surface area contributed by atoms with Crippen LogP contribution >= 0.6 is 62.5 Å². The van der Waals surface area contributed by atoms with Crippen molar-refractivity contribution in [1.29, 1.82) is 0 Å². The van der Waals surface area contributed by atoms with Crippen molar-refractivity contribution in [2.75, 3.05) is 36.9 Å². The lowest BCUT2D eigenvalue weighted by molar-refractivity contribution is 0.277. The number of hydrogen-bond acceptors (Lipinski definition) is 3. The second-order valence-corrected chi connectivity index (χ2v) is 15.5. The number of benzene rings is 4. The molecule has 6 rings (SSSR count). The van der Waals surface area contributed by atoms with Gasteiger partial charge in [0.15, 0.2) is 0 Å². The summed E-state index contributed by atoms with van der Waals surface area (Å²) in [5, 5.41) is 6.15. The molecule has 0 spiro atoms. The molecule has 2 fully saturated rings. The van der Waals surface area contributed by atoms with Gasteiger partial charge in [0, 0.05) is 16.1 Å². The summed E-state index contributed by atoms with van der Waals surface area (Å²) in [6, 6.07) is 44.9. The Balaban J connectivity index is 0.000000624. The van der Waals surface area contributed by atoms with Gasteiger partial charge in [-0.25, -0.2) is 0 Å². The maximum atomic E-state index is 4.76. The van der Waals surface area contributed by atoms with E-state index in [1.54, 1.807) is 0 Å². The quantitative estimate of drug-likeness (QED) is 0.118. The first-order chi connectivity index (χ1) is 20.7. The summed E-state index contributed by atoms with van der Waals surface area (Å²) in [4.78, 5) is 2.76. The first-order valence-corrected chi connectivity index (χ1v) is 18.8. The van der Waals surface area contributed by atoms with E-state index in [-0.39, 0.29) is 10.7 Å². The van der Waals surface area contributed by atoms with Gasteiger partial charge in [0.1, 0.15) is 0 Å². The lowest BCUT2D eigenvalue weighted by Crippen LogP contribution is -2.67. The molecule has 2 aliphatic heterocycles. The molecule has 0 saturated carbocycles. The van der Waals surface area contributed by atoms with E-state index in [4.69, 9.17) is 46.4 Å². The molecule has 0 bridgehead atoms. The van der Waals surface area contributed by atoms with Gasteiger partial charge in [0.2, 0.25) is 0 Å². The first-order valence-electron chi connectivity index (χ1n) is 14.0. The van der Waals surface area contributed by atoms with E-state index in [9.17, 15) is 0 Å². The number of halogens is 4. The number of rotatable bonds is 6. The number of alkyl halides is 4. The van der Waals surface area contributed by atoms with Gasteiger partial charge in [-0.1, -0.05) is 121 Å². The van der Waals surface area contributed by atoms with Crippen LogP contribution in [-0.4, -0.2) is 57.9 Å². The Hall–Kier alpha value is -1.16.